The van der Waals surface area contributed by atoms with E-state index in [0.717, 1.165) is 32.1 Å². The molecule has 0 heterocycles. The van der Waals surface area contributed by atoms with Gasteiger partial charge in [0, 0.05) is 5.25 Å². The first-order valence-electron chi connectivity index (χ1n) is 9.54. The molecule has 1 N–H and O–H groups in total. The molecule has 2 atom stereocenters. The van der Waals surface area contributed by atoms with Crippen LogP contribution in [0.5, 0.6) is 0 Å². The van der Waals surface area contributed by atoms with Gasteiger partial charge >= 0.3 is 29.6 Å². The summed E-state index contributed by atoms with van der Waals surface area (Å²) in [5.74, 6) is 0. The van der Waals surface area contributed by atoms with Gasteiger partial charge in [-0.2, -0.15) is 0 Å². The first kappa shape index (κ1) is 27.1. The second-order valence-electron chi connectivity index (χ2n) is 6.75. The molecular weight excluding hydrogens is 335 g/mol. The fourth-order valence-corrected chi connectivity index (χ4v) is 3.79. The van der Waals surface area contributed by atoms with Crippen LogP contribution < -0.4 is 29.6 Å². The Morgan fingerprint density at radius 1 is 0.750 bits per heavy atom. The van der Waals surface area contributed by atoms with Gasteiger partial charge in [-0.05, 0) is 25.7 Å². The van der Waals surface area contributed by atoms with Gasteiger partial charge in [0.05, 0.1) is 16.2 Å². The van der Waals surface area contributed by atoms with Gasteiger partial charge in [-0.15, -0.1) is 0 Å². The third-order valence-corrected chi connectivity index (χ3v) is 5.79. The van der Waals surface area contributed by atoms with Crippen molar-refractivity contribution in [2.24, 2.45) is 0 Å². The number of aliphatic hydroxyl groups excluding tert-OH is 1. The summed E-state index contributed by atoms with van der Waals surface area (Å²) in [6, 6.07) is 0. The molecule has 4 nitrogen and oxygen atoms in total. The Kier molecular flexibility index (Phi) is 19.5. The second-order valence-corrected chi connectivity index (χ2v) is 8.40. The molecule has 0 radical (unpaired) electrons. The van der Waals surface area contributed by atoms with E-state index in [4.69, 9.17) is 0 Å². The Labute approximate surface area is 172 Å². The Balaban J connectivity index is 0. The van der Waals surface area contributed by atoms with E-state index in [-0.39, 0.29) is 29.6 Å². The largest absolute Gasteiger partial charge is 1.00 e. The monoisotopic (exact) mass is 372 g/mol. The van der Waals surface area contributed by atoms with E-state index >= 15 is 0 Å². The summed E-state index contributed by atoms with van der Waals surface area (Å²) >= 11 is 0. The zero-order valence-electron chi connectivity index (χ0n) is 16.1. The normalized spacial score (nSPS) is 14.2. The van der Waals surface area contributed by atoms with E-state index < -0.39 is 21.5 Å². The summed E-state index contributed by atoms with van der Waals surface area (Å²) in [7, 11) is -4.24. The van der Waals surface area contributed by atoms with E-state index in [2.05, 4.69) is 6.92 Å². The Hall–Kier alpha value is 0.870. The van der Waals surface area contributed by atoms with Crippen molar-refractivity contribution in [3.63, 3.8) is 0 Å². The van der Waals surface area contributed by atoms with Crippen molar-refractivity contribution in [1.82, 2.24) is 0 Å². The molecule has 0 aliphatic heterocycles. The SMILES string of the molecule is CCCCCCCCCC(O)CCC(CCCCC)S(=O)(=O)[O-].[Na+]. The fourth-order valence-electron chi connectivity index (χ4n) is 2.91. The average Bonchev–Trinajstić information content (AvgIpc) is 2.48. The van der Waals surface area contributed by atoms with E-state index in [1.165, 1.54) is 32.1 Å². The first-order chi connectivity index (χ1) is 10.9. The molecule has 0 bridgehead atoms. The summed E-state index contributed by atoms with van der Waals surface area (Å²) in [6.45, 7) is 4.25. The summed E-state index contributed by atoms with van der Waals surface area (Å²) in [6.07, 6.45) is 12.6. The molecule has 0 amide bonds. The molecule has 0 aromatic carbocycles. The molecule has 6 heteroatoms. The van der Waals surface area contributed by atoms with Crippen LogP contribution in [0, 0.1) is 0 Å². The molecule has 0 saturated heterocycles. The smallest absolute Gasteiger partial charge is 0.748 e. The van der Waals surface area contributed by atoms with Crippen LogP contribution in [0.25, 0.3) is 0 Å². The van der Waals surface area contributed by atoms with Gasteiger partial charge in [0.1, 0.15) is 0 Å². The molecule has 0 aliphatic rings. The predicted octanol–water partition coefficient (Wildman–Crippen LogP) is 1.77. The van der Waals surface area contributed by atoms with Gasteiger partial charge in [-0.1, -0.05) is 78.1 Å². The third kappa shape index (κ3) is 16.3. The number of aliphatic hydroxyl groups is 1. The average molecular weight is 373 g/mol. The summed E-state index contributed by atoms with van der Waals surface area (Å²) in [4.78, 5) is 0. The molecule has 0 rings (SSSR count). The van der Waals surface area contributed by atoms with Gasteiger partial charge < -0.3 is 9.66 Å². The number of hydrogen-bond donors (Lipinski definition) is 1. The quantitative estimate of drug-likeness (QED) is 0.254. The van der Waals surface area contributed by atoms with Crippen molar-refractivity contribution in [3.05, 3.63) is 0 Å². The Morgan fingerprint density at radius 2 is 1.21 bits per heavy atom. The van der Waals surface area contributed by atoms with Gasteiger partial charge in [-0.25, -0.2) is 8.42 Å². The van der Waals surface area contributed by atoms with Gasteiger partial charge in [0.25, 0.3) is 0 Å². The van der Waals surface area contributed by atoms with Crippen molar-refractivity contribution < 1.29 is 47.6 Å². The predicted molar refractivity (Wildman–Crippen MR) is 95.5 cm³/mol. The van der Waals surface area contributed by atoms with Crippen LogP contribution in [0.4, 0.5) is 0 Å². The standard InChI is InChI=1S/C18H38O4S.Na/c1-3-5-7-8-9-10-12-13-17(19)15-16-18(23(20,21)22)14-11-6-4-2;/h17-19H,3-16H2,1-2H3,(H,20,21,22);/q;+1/p-1. The maximum absolute atomic E-state index is 11.3. The maximum atomic E-state index is 11.3. The minimum atomic E-state index is -4.24. The molecule has 2 unspecified atom stereocenters. The van der Waals surface area contributed by atoms with Crippen molar-refractivity contribution in [2.45, 2.75) is 115 Å². The maximum Gasteiger partial charge on any atom is 1.00 e. The second kappa shape index (κ2) is 17.3. The first-order valence-corrected chi connectivity index (χ1v) is 11.0. The van der Waals surface area contributed by atoms with Crippen LogP contribution in [-0.4, -0.2) is 29.4 Å². The van der Waals surface area contributed by atoms with Crippen LogP contribution in [0.1, 0.15) is 104 Å². The van der Waals surface area contributed by atoms with Gasteiger partial charge in [-0.3, -0.25) is 0 Å². The fraction of sp³-hybridized carbons (Fsp3) is 1.00. The molecule has 140 valence electrons. The number of rotatable bonds is 16. The molecule has 0 spiro atoms. The van der Waals surface area contributed by atoms with Crippen molar-refractivity contribution in [2.75, 3.05) is 0 Å². The Morgan fingerprint density at radius 3 is 1.75 bits per heavy atom. The number of unbranched alkanes of at least 4 members (excludes halogenated alkanes) is 8. The molecule has 24 heavy (non-hydrogen) atoms. The van der Waals surface area contributed by atoms with E-state index in [9.17, 15) is 18.1 Å². The van der Waals surface area contributed by atoms with Crippen LogP contribution in [0.2, 0.25) is 0 Å². The summed E-state index contributed by atoms with van der Waals surface area (Å²) in [5.41, 5.74) is 0. The van der Waals surface area contributed by atoms with Crippen LogP contribution in [0.15, 0.2) is 0 Å². The molecule has 0 fully saturated rings. The zero-order valence-corrected chi connectivity index (χ0v) is 19.0. The topological polar surface area (TPSA) is 77.4 Å². The van der Waals surface area contributed by atoms with E-state index in [0.29, 0.717) is 25.7 Å². The minimum Gasteiger partial charge on any atom is -0.748 e. The molecular formula is C18H37NaO4S. The van der Waals surface area contributed by atoms with E-state index in [1.807, 2.05) is 6.92 Å². The van der Waals surface area contributed by atoms with Gasteiger partial charge in [0.15, 0.2) is 0 Å². The minimum absolute atomic E-state index is 0. The molecule has 0 aliphatic carbocycles. The van der Waals surface area contributed by atoms with Gasteiger partial charge in [0.2, 0.25) is 0 Å². The molecule has 0 aromatic rings. The molecule has 0 saturated carbocycles. The van der Waals surface area contributed by atoms with Crippen molar-refractivity contribution in [3.8, 4) is 0 Å². The van der Waals surface area contributed by atoms with Crippen LogP contribution >= 0.6 is 0 Å². The van der Waals surface area contributed by atoms with Crippen molar-refractivity contribution in [1.29, 1.82) is 0 Å². The zero-order chi connectivity index (χ0) is 17.6. The third-order valence-electron chi connectivity index (χ3n) is 4.50. The van der Waals surface area contributed by atoms with Crippen LogP contribution in [-0.2, 0) is 10.1 Å². The van der Waals surface area contributed by atoms with Crippen molar-refractivity contribution >= 4 is 10.1 Å². The summed E-state index contributed by atoms with van der Waals surface area (Å²) < 4.78 is 33.9. The molecule has 0 aromatic heterocycles. The Bertz CT molecular complexity index is 360. The van der Waals surface area contributed by atoms with Crippen LogP contribution in [0.3, 0.4) is 0 Å². The summed E-state index contributed by atoms with van der Waals surface area (Å²) in [5, 5.41) is 9.16. The van der Waals surface area contributed by atoms with E-state index in [1.54, 1.807) is 0 Å². The number of hydrogen-bond acceptors (Lipinski definition) is 4.